The van der Waals surface area contributed by atoms with Crippen molar-refractivity contribution in [2.75, 3.05) is 63.8 Å². The molecule has 0 radical (unpaired) electrons. The van der Waals surface area contributed by atoms with Crippen molar-refractivity contribution >= 4 is 44.4 Å². The van der Waals surface area contributed by atoms with E-state index in [1.54, 1.807) is 18.4 Å². The van der Waals surface area contributed by atoms with E-state index in [2.05, 4.69) is 4.90 Å². The van der Waals surface area contributed by atoms with E-state index in [9.17, 15) is 4.79 Å². The second-order valence-corrected chi connectivity index (χ2v) is 9.93. The fourth-order valence-corrected chi connectivity index (χ4v) is 5.58. The SMILES string of the molecule is CCOc1ccc2nc(N(CCCN3CCOCC3)C(=O)CSc3ccc(OC)cc3)sc2c1. The maximum atomic E-state index is 13.4. The number of thiazole rings is 1. The van der Waals surface area contributed by atoms with Gasteiger partial charge < -0.3 is 14.2 Å². The number of thioether (sulfide) groups is 1. The zero-order valence-electron chi connectivity index (χ0n) is 19.7. The van der Waals surface area contributed by atoms with Crippen LogP contribution in [0.1, 0.15) is 13.3 Å². The van der Waals surface area contributed by atoms with Crippen molar-refractivity contribution in [2.24, 2.45) is 0 Å². The molecule has 1 amide bonds. The molecule has 0 spiro atoms. The molecule has 4 rings (SSSR count). The van der Waals surface area contributed by atoms with Gasteiger partial charge in [-0.15, -0.1) is 11.8 Å². The average Bonchev–Trinajstić information content (AvgIpc) is 3.29. The smallest absolute Gasteiger partial charge is 0.239 e. The summed E-state index contributed by atoms with van der Waals surface area (Å²) in [6.45, 7) is 7.62. The highest BCUT2D eigenvalue weighted by atomic mass is 32.2. The number of carbonyl (C=O) groups is 1. The van der Waals surface area contributed by atoms with Gasteiger partial charge in [-0.05, 0) is 55.8 Å². The Balaban J connectivity index is 1.46. The first-order valence-electron chi connectivity index (χ1n) is 11.6. The van der Waals surface area contributed by atoms with Gasteiger partial charge in [0.1, 0.15) is 11.5 Å². The van der Waals surface area contributed by atoms with Gasteiger partial charge in [0.15, 0.2) is 5.13 Å². The molecule has 1 aliphatic rings. The van der Waals surface area contributed by atoms with Crippen molar-refractivity contribution in [3.63, 3.8) is 0 Å². The number of aromatic nitrogens is 1. The number of methoxy groups -OCH3 is 1. The van der Waals surface area contributed by atoms with Crippen LogP contribution in [-0.4, -0.2) is 74.7 Å². The fourth-order valence-electron chi connectivity index (χ4n) is 3.76. The van der Waals surface area contributed by atoms with Crippen molar-refractivity contribution in [1.82, 2.24) is 9.88 Å². The summed E-state index contributed by atoms with van der Waals surface area (Å²) in [5.41, 5.74) is 0.886. The van der Waals surface area contributed by atoms with E-state index in [1.807, 2.05) is 54.3 Å². The van der Waals surface area contributed by atoms with Crippen LogP contribution in [0.15, 0.2) is 47.4 Å². The van der Waals surface area contributed by atoms with Gasteiger partial charge in [0.2, 0.25) is 5.91 Å². The first-order valence-corrected chi connectivity index (χ1v) is 13.4. The number of rotatable bonds is 11. The van der Waals surface area contributed by atoms with Crippen molar-refractivity contribution in [3.05, 3.63) is 42.5 Å². The van der Waals surface area contributed by atoms with E-state index in [1.165, 1.54) is 11.8 Å². The number of hydrogen-bond acceptors (Lipinski definition) is 8. The molecule has 7 nitrogen and oxygen atoms in total. The molecule has 3 aromatic rings. The van der Waals surface area contributed by atoms with Crippen molar-refractivity contribution < 1.29 is 19.0 Å². The van der Waals surface area contributed by atoms with Crippen LogP contribution >= 0.6 is 23.1 Å². The molecule has 2 heterocycles. The van der Waals surface area contributed by atoms with Gasteiger partial charge in [-0.3, -0.25) is 14.6 Å². The number of amides is 1. The lowest BCUT2D eigenvalue weighted by atomic mass is 10.3. The van der Waals surface area contributed by atoms with Crippen molar-refractivity contribution in [2.45, 2.75) is 18.2 Å². The molecule has 1 aromatic heterocycles. The Labute approximate surface area is 209 Å². The van der Waals surface area contributed by atoms with Crippen LogP contribution in [0, 0.1) is 0 Å². The minimum absolute atomic E-state index is 0.0619. The standard InChI is InChI=1S/C25H31N3O4S2/c1-3-32-20-7-10-22-23(17-20)34-25(26-22)28(12-4-11-27-13-15-31-16-14-27)24(29)18-33-21-8-5-19(30-2)6-9-21/h5-10,17H,3-4,11-16,18H2,1-2H3. The van der Waals surface area contributed by atoms with Gasteiger partial charge in [-0.2, -0.15) is 0 Å². The van der Waals surface area contributed by atoms with E-state index in [0.29, 0.717) is 18.9 Å². The predicted molar refractivity (Wildman–Crippen MR) is 139 cm³/mol. The first kappa shape index (κ1) is 24.8. The molecule has 34 heavy (non-hydrogen) atoms. The molecule has 0 saturated carbocycles. The number of morpholine rings is 1. The second-order valence-electron chi connectivity index (χ2n) is 7.88. The Hall–Kier alpha value is -2.33. The van der Waals surface area contributed by atoms with E-state index in [4.69, 9.17) is 19.2 Å². The molecule has 9 heteroatoms. The fraction of sp³-hybridized carbons (Fsp3) is 0.440. The maximum absolute atomic E-state index is 13.4. The van der Waals surface area contributed by atoms with Crippen LogP contribution < -0.4 is 14.4 Å². The van der Waals surface area contributed by atoms with Gasteiger partial charge in [0.25, 0.3) is 0 Å². The normalized spacial score (nSPS) is 14.3. The lowest BCUT2D eigenvalue weighted by Gasteiger charge is -2.27. The minimum Gasteiger partial charge on any atom is -0.497 e. The summed E-state index contributed by atoms with van der Waals surface area (Å²) in [6, 6.07) is 13.7. The summed E-state index contributed by atoms with van der Waals surface area (Å²) in [7, 11) is 1.65. The zero-order valence-corrected chi connectivity index (χ0v) is 21.3. The van der Waals surface area contributed by atoms with Gasteiger partial charge in [-0.25, -0.2) is 4.98 Å². The van der Waals surface area contributed by atoms with E-state index in [-0.39, 0.29) is 5.91 Å². The Bertz CT molecular complexity index is 1070. The van der Waals surface area contributed by atoms with Crippen LogP contribution in [0.4, 0.5) is 5.13 Å². The summed E-state index contributed by atoms with van der Waals surface area (Å²) in [5, 5.41) is 0.742. The molecule has 0 unspecified atom stereocenters. The number of hydrogen-bond donors (Lipinski definition) is 0. The summed E-state index contributed by atoms with van der Waals surface area (Å²) >= 11 is 3.07. The molecule has 1 aliphatic heterocycles. The molecule has 1 fully saturated rings. The molecule has 2 aromatic carbocycles. The number of anilines is 1. The highest BCUT2D eigenvalue weighted by molar-refractivity contribution is 8.00. The molecule has 0 atom stereocenters. The number of ether oxygens (including phenoxy) is 3. The number of fused-ring (bicyclic) bond motifs is 1. The van der Waals surface area contributed by atoms with E-state index in [0.717, 1.165) is 71.0 Å². The Kier molecular flexibility index (Phi) is 9.04. The first-order chi connectivity index (χ1) is 16.7. The number of nitrogens with zero attached hydrogens (tertiary/aromatic N) is 3. The Morgan fingerprint density at radius 1 is 1.18 bits per heavy atom. The average molecular weight is 502 g/mol. The van der Waals surface area contributed by atoms with Crippen LogP contribution in [0.3, 0.4) is 0 Å². The molecular weight excluding hydrogens is 470 g/mol. The lowest BCUT2D eigenvalue weighted by Crippen LogP contribution is -2.39. The monoisotopic (exact) mass is 501 g/mol. The van der Waals surface area contributed by atoms with Gasteiger partial charge in [0.05, 0.1) is 42.9 Å². The van der Waals surface area contributed by atoms with Gasteiger partial charge >= 0.3 is 0 Å². The topological polar surface area (TPSA) is 64.1 Å². The van der Waals surface area contributed by atoms with Gasteiger partial charge in [0, 0.05) is 31.1 Å². The molecule has 0 bridgehead atoms. The van der Waals surface area contributed by atoms with Crippen LogP contribution in [-0.2, 0) is 9.53 Å². The molecule has 0 aliphatic carbocycles. The predicted octanol–water partition coefficient (Wildman–Crippen LogP) is 4.55. The van der Waals surface area contributed by atoms with Crippen LogP contribution in [0.25, 0.3) is 10.2 Å². The number of benzene rings is 2. The molecule has 182 valence electrons. The van der Waals surface area contributed by atoms with Crippen molar-refractivity contribution in [1.29, 1.82) is 0 Å². The molecule has 0 N–H and O–H groups in total. The number of carbonyl (C=O) groups excluding carboxylic acids is 1. The zero-order chi connectivity index (χ0) is 23.8. The lowest BCUT2D eigenvalue weighted by molar-refractivity contribution is -0.116. The summed E-state index contributed by atoms with van der Waals surface area (Å²) in [6.07, 6.45) is 0.888. The Morgan fingerprint density at radius 3 is 2.68 bits per heavy atom. The third kappa shape index (κ3) is 6.63. The third-order valence-electron chi connectivity index (χ3n) is 5.57. The maximum Gasteiger partial charge on any atom is 0.239 e. The van der Waals surface area contributed by atoms with Crippen LogP contribution in [0.5, 0.6) is 11.5 Å². The van der Waals surface area contributed by atoms with E-state index < -0.39 is 0 Å². The van der Waals surface area contributed by atoms with E-state index >= 15 is 0 Å². The second kappa shape index (κ2) is 12.4. The molecular formula is C25H31N3O4S2. The quantitative estimate of drug-likeness (QED) is 0.357. The van der Waals surface area contributed by atoms with Crippen LogP contribution in [0.2, 0.25) is 0 Å². The minimum atomic E-state index is 0.0619. The van der Waals surface area contributed by atoms with Crippen molar-refractivity contribution in [3.8, 4) is 11.5 Å². The summed E-state index contributed by atoms with van der Waals surface area (Å²) in [4.78, 5) is 23.4. The highest BCUT2D eigenvalue weighted by Gasteiger charge is 2.21. The third-order valence-corrected chi connectivity index (χ3v) is 7.61. The van der Waals surface area contributed by atoms with Gasteiger partial charge in [-0.1, -0.05) is 11.3 Å². The summed E-state index contributed by atoms with van der Waals surface area (Å²) < 4.78 is 17.3. The summed E-state index contributed by atoms with van der Waals surface area (Å²) in [5.74, 6) is 2.04. The highest BCUT2D eigenvalue weighted by Crippen LogP contribution is 2.32. The Morgan fingerprint density at radius 2 is 1.94 bits per heavy atom. The molecule has 1 saturated heterocycles. The largest absolute Gasteiger partial charge is 0.497 e.